The maximum Gasteiger partial charge on any atom is 0.472 e. The first-order valence-electron chi connectivity index (χ1n) is 20.7. The van der Waals surface area contributed by atoms with Crippen LogP contribution in [0.1, 0.15) is 136 Å². The van der Waals surface area contributed by atoms with Crippen LogP contribution in [0.3, 0.4) is 0 Å². The van der Waals surface area contributed by atoms with Gasteiger partial charge in [-0.15, -0.1) is 0 Å². The van der Waals surface area contributed by atoms with Crippen molar-refractivity contribution in [3.63, 3.8) is 0 Å². The zero-order chi connectivity index (χ0) is 41.4. The second kappa shape index (κ2) is 39.0. The second-order valence-corrected chi connectivity index (χ2v) is 14.9. The van der Waals surface area contributed by atoms with Crippen molar-refractivity contribution >= 4 is 19.8 Å². The molecule has 0 saturated carbocycles. The Bertz CT molecular complexity index is 1220. The number of phosphoric acid groups is 1. The van der Waals surface area contributed by atoms with Gasteiger partial charge in [-0.1, -0.05) is 131 Å². The second-order valence-electron chi connectivity index (χ2n) is 13.5. The van der Waals surface area contributed by atoms with Crippen molar-refractivity contribution in [3.8, 4) is 0 Å². The average Bonchev–Trinajstić information content (AvgIpc) is 3.18. The van der Waals surface area contributed by atoms with Gasteiger partial charge in [-0.05, 0) is 77.0 Å². The molecule has 4 N–H and O–H groups in total. The molecule has 0 aliphatic rings. The number of carbonyl (C=O) groups is 2. The molecule has 320 valence electrons. The minimum absolute atomic E-state index is 0.123. The number of ether oxygens (including phenoxy) is 2. The van der Waals surface area contributed by atoms with Gasteiger partial charge in [0, 0.05) is 12.8 Å². The molecule has 0 spiro atoms. The van der Waals surface area contributed by atoms with E-state index in [1.165, 1.54) is 19.3 Å². The summed E-state index contributed by atoms with van der Waals surface area (Å²) in [5, 5.41) is 28.3. The molecule has 0 radical (unpaired) electrons. The van der Waals surface area contributed by atoms with Gasteiger partial charge >= 0.3 is 19.8 Å². The fourth-order valence-electron chi connectivity index (χ4n) is 4.91. The van der Waals surface area contributed by atoms with Crippen molar-refractivity contribution in [2.75, 3.05) is 26.4 Å². The first kappa shape index (κ1) is 53.1. The van der Waals surface area contributed by atoms with Crippen molar-refractivity contribution < 1.29 is 52.9 Å². The fourth-order valence-corrected chi connectivity index (χ4v) is 5.70. The van der Waals surface area contributed by atoms with Crippen molar-refractivity contribution in [2.24, 2.45) is 0 Å². The van der Waals surface area contributed by atoms with E-state index in [2.05, 4.69) is 54.8 Å². The number of unbranched alkanes of at least 4 members (excludes halogenated alkanes) is 9. The molecule has 12 heteroatoms. The van der Waals surface area contributed by atoms with E-state index in [-0.39, 0.29) is 19.4 Å². The highest BCUT2D eigenvalue weighted by Gasteiger charge is 2.27. The van der Waals surface area contributed by atoms with Crippen LogP contribution in [0.15, 0.2) is 85.1 Å². The SMILES string of the molecule is CC/C=C\C/C=C\CC(O)/C=C/C=C\C/C=C\CCCC(=O)OC[C@H](COP(=O)(O)OC[C@@H](O)CO)OC(=O)CCCCCCC/C=C\C/C=C\CCCCC. The summed E-state index contributed by atoms with van der Waals surface area (Å²) in [6, 6.07) is 0. The van der Waals surface area contributed by atoms with E-state index >= 15 is 0 Å². The maximum atomic E-state index is 12.6. The molecule has 0 aromatic rings. The van der Waals surface area contributed by atoms with Gasteiger partial charge in [0.25, 0.3) is 0 Å². The van der Waals surface area contributed by atoms with Crippen molar-refractivity contribution in [1.82, 2.24) is 0 Å². The number of allylic oxidation sites excluding steroid dienone is 12. The lowest BCUT2D eigenvalue weighted by atomic mass is 10.1. The monoisotopic (exact) mass is 808 g/mol. The number of aliphatic hydroxyl groups is 3. The third kappa shape index (κ3) is 38.0. The summed E-state index contributed by atoms with van der Waals surface area (Å²) in [4.78, 5) is 34.9. The standard InChI is InChI=1S/C44H73O11P/c1-3-5-7-9-11-12-13-14-15-16-17-18-23-27-31-35-44(49)55-42(39-54-56(50,51)53-37-41(47)36-45)38-52-43(48)34-30-26-22-20-19-21-25-29-33-40(46)32-28-24-10-8-6-4-2/h6,8,11-12,14-15,20-22,24-25,28-29,33,40-42,45-47H,3-5,7,9-10,13,16-19,23,26-27,30-32,34-39H2,1-2H3,(H,50,51)/b8-6-,12-11-,15-14-,22-20-,25-21-,28-24-,33-29+/t40?,41-,42+/m0/s1. The van der Waals surface area contributed by atoms with E-state index in [0.29, 0.717) is 32.1 Å². The third-order valence-corrected chi connectivity index (χ3v) is 9.06. The summed E-state index contributed by atoms with van der Waals surface area (Å²) in [5.74, 6) is -1.06. The maximum absolute atomic E-state index is 12.6. The van der Waals surface area contributed by atoms with Gasteiger partial charge in [0.15, 0.2) is 6.10 Å². The van der Waals surface area contributed by atoms with Crippen LogP contribution in [0.4, 0.5) is 0 Å². The number of rotatable bonds is 37. The highest BCUT2D eigenvalue weighted by atomic mass is 31.2. The predicted molar refractivity (Wildman–Crippen MR) is 225 cm³/mol. The number of phosphoric ester groups is 1. The van der Waals surface area contributed by atoms with Crippen LogP contribution in [0, 0.1) is 0 Å². The molecule has 0 rings (SSSR count). The van der Waals surface area contributed by atoms with Crippen molar-refractivity contribution in [3.05, 3.63) is 85.1 Å². The number of esters is 2. The Kier molecular flexibility index (Phi) is 36.9. The molecule has 0 aromatic heterocycles. The van der Waals surface area contributed by atoms with Gasteiger partial charge in [-0.3, -0.25) is 18.6 Å². The molecule has 0 fully saturated rings. The summed E-state index contributed by atoms with van der Waals surface area (Å²) < 4.78 is 32.6. The number of hydrogen-bond donors (Lipinski definition) is 4. The zero-order valence-electron chi connectivity index (χ0n) is 34.2. The Morgan fingerprint density at radius 1 is 0.625 bits per heavy atom. The number of carbonyl (C=O) groups excluding carboxylic acids is 2. The summed E-state index contributed by atoms with van der Waals surface area (Å²) in [7, 11) is -4.65. The van der Waals surface area contributed by atoms with Crippen LogP contribution in [-0.4, -0.2) is 76.9 Å². The summed E-state index contributed by atoms with van der Waals surface area (Å²) >= 11 is 0. The Morgan fingerprint density at radius 3 is 1.88 bits per heavy atom. The first-order chi connectivity index (χ1) is 27.1. The van der Waals surface area contributed by atoms with Crippen LogP contribution in [0.5, 0.6) is 0 Å². The van der Waals surface area contributed by atoms with Gasteiger partial charge in [-0.25, -0.2) is 4.57 Å². The Balaban J connectivity index is 4.53. The van der Waals surface area contributed by atoms with E-state index in [0.717, 1.165) is 57.8 Å². The topological polar surface area (TPSA) is 169 Å². The van der Waals surface area contributed by atoms with Crippen LogP contribution in [0.2, 0.25) is 0 Å². The van der Waals surface area contributed by atoms with Gasteiger partial charge in [-0.2, -0.15) is 0 Å². The summed E-state index contributed by atoms with van der Waals surface area (Å²) in [6.45, 7) is 2.04. The first-order valence-corrected chi connectivity index (χ1v) is 22.1. The zero-order valence-corrected chi connectivity index (χ0v) is 35.1. The normalized spacial score (nSPS) is 15.3. The molecule has 0 aromatic carbocycles. The lowest BCUT2D eigenvalue weighted by molar-refractivity contribution is -0.161. The van der Waals surface area contributed by atoms with E-state index in [1.807, 2.05) is 42.5 Å². The quantitative estimate of drug-likeness (QED) is 0.0155. The lowest BCUT2D eigenvalue weighted by Crippen LogP contribution is -2.29. The predicted octanol–water partition coefficient (Wildman–Crippen LogP) is 9.63. The number of aliphatic hydroxyl groups excluding tert-OH is 3. The molecule has 0 saturated heterocycles. The van der Waals surface area contributed by atoms with Gasteiger partial charge in [0.05, 0.1) is 25.9 Å². The molecular formula is C44H73O11P. The van der Waals surface area contributed by atoms with Crippen LogP contribution in [0.25, 0.3) is 0 Å². The lowest BCUT2D eigenvalue weighted by Gasteiger charge is -2.20. The average molecular weight is 809 g/mol. The minimum atomic E-state index is -4.65. The summed E-state index contributed by atoms with van der Waals surface area (Å²) in [6.07, 6.45) is 41.5. The van der Waals surface area contributed by atoms with Crippen LogP contribution < -0.4 is 0 Å². The van der Waals surface area contributed by atoms with E-state index in [4.69, 9.17) is 19.1 Å². The Labute approximate surface area is 337 Å². The molecule has 4 atom stereocenters. The van der Waals surface area contributed by atoms with Gasteiger partial charge in [0.1, 0.15) is 12.7 Å². The number of hydrogen-bond acceptors (Lipinski definition) is 10. The molecule has 2 unspecified atom stereocenters. The Hall–Kier alpha value is -2.89. The van der Waals surface area contributed by atoms with Crippen LogP contribution >= 0.6 is 7.82 Å². The molecular weight excluding hydrogens is 735 g/mol. The van der Waals surface area contributed by atoms with E-state index in [1.54, 1.807) is 6.08 Å². The Morgan fingerprint density at radius 2 is 1.20 bits per heavy atom. The smallest absolute Gasteiger partial charge is 0.462 e. The molecule has 0 aliphatic heterocycles. The highest BCUT2D eigenvalue weighted by molar-refractivity contribution is 7.47. The van der Waals surface area contributed by atoms with E-state index in [9.17, 15) is 29.3 Å². The highest BCUT2D eigenvalue weighted by Crippen LogP contribution is 2.43. The van der Waals surface area contributed by atoms with E-state index < -0.39 is 57.9 Å². The van der Waals surface area contributed by atoms with Crippen molar-refractivity contribution in [1.29, 1.82) is 0 Å². The van der Waals surface area contributed by atoms with Gasteiger partial charge in [0.2, 0.25) is 0 Å². The molecule has 56 heavy (non-hydrogen) atoms. The van der Waals surface area contributed by atoms with Gasteiger partial charge < -0.3 is 29.7 Å². The van der Waals surface area contributed by atoms with Crippen molar-refractivity contribution in [2.45, 2.75) is 154 Å². The van der Waals surface area contributed by atoms with Crippen LogP contribution in [-0.2, 0) is 32.7 Å². The molecule has 0 amide bonds. The summed E-state index contributed by atoms with van der Waals surface area (Å²) in [5.41, 5.74) is 0. The molecule has 0 aliphatic carbocycles. The largest absolute Gasteiger partial charge is 0.472 e. The molecule has 0 heterocycles. The molecule has 11 nitrogen and oxygen atoms in total. The minimum Gasteiger partial charge on any atom is -0.462 e. The molecule has 0 bridgehead atoms. The third-order valence-electron chi connectivity index (χ3n) is 8.11. The fraction of sp³-hybridized carbons (Fsp3) is 0.636.